The lowest BCUT2D eigenvalue weighted by Gasteiger charge is -2.09. The van der Waals surface area contributed by atoms with Crippen molar-refractivity contribution in [2.24, 2.45) is 5.73 Å². The third-order valence-electron chi connectivity index (χ3n) is 3.30. The summed E-state index contributed by atoms with van der Waals surface area (Å²) in [6.07, 6.45) is 2.77. The lowest BCUT2D eigenvalue weighted by molar-refractivity contribution is 0.297. The average Bonchev–Trinajstić information content (AvgIpc) is 2.73. The lowest BCUT2D eigenvalue weighted by Crippen LogP contribution is -2.09. The first kappa shape index (κ1) is 13.6. The van der Waals surface area contributed by atoms with Crippen molar-refractivity contribution in [3.63, 3.8) is 0 Å². The van der Waals surface area contributed by atoms with E-state index in [2.05, 4.69) is 28.6 Å². The molecule has 2 N–H and O–H groups in total. The Bertz CT molecular complexity index is 517. The van der Waals surface area contributed by atoms with Crippen LogP contribution in [0.2, 0.25) is 0 Å². The maximum Gasteiger partial charge on any atom is 0.119 e. The van der Waals surface area contributed by atoms with Gasteiger partial charge in [-0.1, -0.05) is 12.1 Å². The minimum atomic E-state index is 0.646. The highest BCUT2D eigenvalue weighted by molar-refractivity contribution is 5.27. The third kappa shape index (κ3) is 3.58. The SMILES string of the molecule is Cc1ncn(CCOc2ccc(CCN)cc2)c1C. The van der Waals surface area contributed by atoms with Gasteiger partial charge in [-0.2, -0.15) is 0 Å². The summed E-state index contributed by atoms with van der Waals surface area (Å²) in [4.78, 5) is 4.27. The monoisotopic (exact) mass is 259 g/mol. The molecule has 0 saturated carbocycles. The fourth-order valence-electron chi connectivity index (χ4n) is 1.95. The number of aryl methyl sites for hydroxylation is 1. The molecule has 2 aromatic rings. The van der Waals surface area contributed by atoms with Crippen molar-refractivity contribution in [2.45, 2.75) is 26.8 Å². The molecule has 1 heterocycles. The summed E-state index contributed by atoms with van der Waals surface area (Å²) in [5.74, 6) is 0.898. The summed E-state index contributed by atoms with van der Waals surface area (Å²) < 4.78 is 7.84. The van der Waals surface area contributed by atoms with Crippen LogP contribution < -0.4 is 10.5 Å². The summed E-state index contributed by atoms with van der Waals surface area (Å²) in [7, 11) is 0. The first-order chi connectivity index (χ1) is 9.20. The molecule has 0 aliphatic heterocycles. The molecule has 4 nitrogen and oxygen atoms in total. The van der Waals surface area contributed by atoms with Gasteiger partial charge >= 0.3 is 0 Å². The van der Waals surface area contributed by atoms with Crippen LogP contribution in [-0.2, 0) is 13.0 Å². The van der Waals surface area contributed by atoms with Crippen molar-refractivity contribution in [1.29, 1.82) is 0 Å². The molecule has 0 aliphatic carbocycles. The van der Waals surface area contributed by atoms with Crippen molar-refractivity contribution in [3.05, 3.63) is 47.5 Å². The number of ether oxygens (including phenoxy) is 1. The van der Waals surface area contributed by atoms with Gasteiger partial charge in [0.2, 0.25) is 0 Å². The lowest BCUT2D eigenvalue weighted by atomic mass is 10.1. The quantitative estimate of drug-likeness (QED) is 0.864. The van der Waals surface area contributed by atoms with Crippen LogP contribution >= 0.6 is 0 Å². The molecule has 0 amide bonds. The third-order valence-corrected chi connectivity index (χ3v) is 3.30. The van der Waals surface area contributed by atoms with Crippen molar-refractivity contribution >= 4 is 0 Å². The topological polar surface area (TPSA) is 53.1 Å². The number of hydrogen-bond donors (Lipinski definition) is 1. The van der Waals surface area contributed by atoms with Crippen LogP contribution in [0.3, 0.4) is 0 Å². The Kier molecular flexibility index (Phi) is 4.58. The van der Waals surface area contributed by atoms with Crippen molar-refractivity contribution in [3.8, 4) is 5.75 Å². The molecule has 1 aromatic carbocycles. The minimum absolute atomic E-state index is 0.646. The average molecular weight is 259 g/mol. The number of rotatable bonds is 6. The summed E-state index contributed by atoms with van der Waals surface area (Å²) in [6, 6.07) is 8.12. The molecular formula is C15H21N3O. The Morgan fingerprint density at radius 3 is 2.53 bits per heavy atom. The van der Waals surface area contributed by atoms with Crippen molar-refractivity contribution < 1.29 is 4.74 Å². The molecule has 1 aromatic heterocycles. The van der Waals surface area contributed by atoms with Crippen LogP contribution in [0.25, 0.3) is 0 Å². The van der Waals surface area contributed by atoms with E-state index in [0.717, 1.165) is 24.4 Å². The molecular weight excluding hydrogens is 238 g/mol. The minimum Gasteiger partial charge on any atom is -0.492 e. The van der Waals surface area contributed by atoms with Crippen molar-refractivity contribution in [1.82, 2.24) is 9.55 Å². The second-order valence-electron chi connectivity index (χ2n) is 4.64. The zero-order chi connectivity index (χ0) is 13.7. The van der Waals surface area contributed by atoms with E-state index in [1.54, 1.807) is 0 Å². The van der Waals surface area contributed by atoms with Gasteiger partial charge in [0.05, 0.1) is 18.6 Å². The number of benzene rings is 1. The zero-order valence-electron chi connectivity index (χ0n) is 11.6. The van der Waals surface area contributed by atoms with E-state index in [4.69, 9.17) is 10.5 Å². The Morgan fingerprint density at radius 1 is 1.21 bits per heavy atom. The van der Waals surface area contributed by atoms with Crippen LogP contribution in [-0.4, -0.2) is 22.7 Å². The van der Waals surface area contributed by atoms with Crippen LogP contribution in [0.15, 0.2) is 30.6 Å². The second-order valence-corrected chi connectivity index (χ2v) is 4.64. The predicted octanol–water partition coefficient (Wildman–Crippen LogP) is 2.08. The van der Waals surface area contributed by atoms with Crippen LogP contribution in [0.4, 0.5) is 0 Å². The molecule has 0 spiro atoms. The van der Waals surface area contributed by atoms with Gasteiger partial charge < -0.3 is 15.0 Å². The van der Waals surface area contributed by atoms with Gasteiger partial charge in [-0.05, 0) is 44.5 Å². The Balaban J connectivity index is 1.84. The highest BCUT2D eigenvalue weighted by Crippen LogP contribution is 2.12. The number of aromatic nitrogens is 2. The van der Waals surface area contributed by atoms with Gasteiger partial charge in [0, 0.05) is 5.69 Å². The van der Waals surface area contributed by atoms with E-state index in [1.165, 1.54) is 11.3 Å². The van der Waals surface area contributed by atoms with E-state index in [0.29, 0.717) is 13.2 Å². The first-order valence-corrected chi connectivity index (χ1v) is 6.61. The Hall–Kier alpha value is -1.81. The molecule has 4 heteroatoms. The summed E-state index contributed by atoms with van der Waals surface area (Å²) in [5.41, 5.74) is 9.04. The van der Waals surface area contributed by atoms with E-state index >= 15 is 0 Å². The van der Waals surface area contributed by atoms with E-state index in [9.17, 15) is 0 Å². The molecule has 0 bridgehead atoms. The maximum atomic E-state index is 5.73. The highest BCUT2D eigenvalue weighted by Gasteiger charge is 2.01. The molecule has 0 unspecified atom stereocenters. The number of hydrogen-bond acceptors (Lipinski definition) is 3. The van der Waals surface area contributed by atoms with Crippen LogP contribution in [0.5, 0.6) is 5.75 Å². The molecule has 0 atom stereocenters. The largest absolute Gasteiger partial charge is 0.492 e. The predicted molar refractivity (Wildman–Crippen MR) is 76.4 cm³/mol. The smallest absolute Gasteiger partial charge is 0.119 e. The standard InChI is InChI=1S/C15H21N3O/c1-12-13(2)18(11-17-12)9-10-19-15-5-3-14(4-6-15)7-8-16/h3-6,11H,7-10,16H2,1-2H3. The number of nitrogens with zero attached hydrogens (tertiary/aromatic N) is 2. The van der Waals surface area contributed by atoms with Gasteiger partial charge in [0.25, 0.3) is 0 Å². The van der Waals surface area contributed by atoms with Crippen molar-refractivity contribution in [2.75, 3.05) is 13.2 Å². The Labute approximate surface area is 114 Å². The highest BCUT2D eigenvalue weighted by atomic mass is 16.5. The molecule has 0 saturated heterocycles. The fourth-order valence-corrected chi connectivity index (χ4v) is 1.95. The van der Waals surface area contributed by atoms with Crippen LogP contribution in [0.1, 0.15) is 17.0 Å². The van der Waals surface area contributed by atoms with E-state index in [1.807, 2.05) is 25.4 Å². The van der Waals surface area contributed by atoms with Gasteiger partial charge in [0.1, 0.15) is 12.4 Å². The second kappa shape index (κ2) is 6.38. The van der Waals surface area contributed by atoms with Gasteiger partial charge in [0.15, 0.2) is 0 Å². The normalized spacial score (nSPS) is 10.7. The van der Waals surface area contributed by atoms with Gasteiger partial charge in [-0.3, -0.25) is 0 Å². The Morgan fingerprint density at radius 2 is 1.95 bits per heavy atom. The van der Waals surface area contributed by atoms with E-state index < -0.39 is 0 Å². The molecule has 0 aliphatic rings. The number of imidazole rings is 1. The van der Waals surface area contributed by atoms with Crippen LogP contribution in [0, 0.1) is 13.8 Å². The molecule has 19 heavy (non-hydrogen) atoms. The summed E-state index contributed by atoms with van der Waals surface area (Å²) in [5, 5.41) is 0. The maximum absolute atomic E-state index is 5.73. The summed E-state index contributed by atoms with van der Waals surface area (Å²) >= 11 is 0. The van der Waals surface area contributed by atoms with E-state index in [-0.39, 0.29) is 0 Å². The molecule has 102 valence electrons. The molecule has 0 radical (unpaired) electrons. The molecule has 2 rings (SSSR count). The zero-order valence-corrected chi connectivity index (χ0v) is 11.6. The fraction of sp³-hybridized carbons (Fsp3) is 0.400. The number of nitrogens with two attached hydrogens (primary N) is 1. The van der Waals surface area contributed by atoms with Gasteiger partial charge in [-0.25, -0.2) is 4.98 Å². The summed E-state index contributed by atoms with van der Waals surface area (Å²) in [6.45, 7) is 6.23. The first-order valence-electron chi connectivity index (χ1n) is 6.61. The van der Waals surface area contributed by atoms with Gasteiger partial charge in [-0.15, -0.1) is 0 Å². The molecule has 0 fully saturated rings.